The number of ether oxygens (including phenoxy) is 3. The van der Waals surface area contributed by atoms with E-state index in [0.717, 1.165) is 28.1 Å². The van der Waals surface area contributed by atoms with E-state index in [2.05, 4.69) is 4.98 Å². The predicted octanol–water partition coefficient (Wildman–Crippen LogP) is 5.57. The van der Waals surface area contributed by atoms with Gasteiger partial charge < -0.3 is 14.2 Å². The van der Waals surface area contributed by atoms with Crippen molar-refractivity contribution in [3.05, 3.63) is 95.3 Å². The number of pyridine rings is 1. The minimum atomic E-state index is -0.154. The summed E-state index contributed by atoms with van der Waals surface area (Å²) in [7, 11) is 4.83. The molecule has 0 N–H and O–H groups in total. The van der Waals surface area contributed by atoms with Gasteiger partial charge in [0, 0.05) is 17.8 Å². The Bertz CT molecular complexity index is 1130. The lowest BCUT2D eigenvalue weighted by atomic mass is 10.0. The van der Waals surface area contributed by atoms with Gasteiger partial charge in [0.2, 0.25) is 0 Å². The number of carbonyl (C=O) groups is 1. The Morgan fingerprint density at radius 1 is 0.781 bits per heavy atom. The zero-order valence-electron chi connectivity index (χ0n) is 18.3. The Balaban J connectivity index is 1.89. The summed E-state index contributed by atoms with van der Waals surface area (Å²) in [6.07, 6.45) is 12.0. The second-order valence-corrected chi connectivity index (χ2v) is 6.76. The van der Waals surface area contributed by atoms with Crippen LogP contribution in [0.3, 0.4) is 0 Å². The van der Waals surface area contributed by atoms with Crippen molar-refractivity contribution in [2.24, 2.45) is 0 Å². The molecule has 0 bridgehead atoms. The first-order valence-corrected chi connectivity index (χ1v) is 10.0. The van der Waals surface area contributed by atoms with Crippen molar-refractivity contribution in [2.75, 3.05) is 21.3 Å². The Morgan fingerprint density at radius 3 is 2.19 bits per heavy atom. The van der Waals surface area contributed by atoms with Gasteiger partial charge in [-0.1, -0.05) is 30.4 Å². The third-order valence-corrected chi connectivity index (χ3v) is 4.69. The number of ketones is 1. The SMILES string of the molecule is COc1ccc(/C=C/c2cc(OC)cc(OC)c2/C=C/C(=O)/C=C/c2ccccn2)cc1. The first-order valence-electron chi connectivity index (χ1n) is 10.0. The van der Waals surface area contributed by atoms with Gasteiger partial charge in [-0.05, 0) is 65.8 Å². The van der Waals surface area contributed by atoms with Crippen molar-refractivity contribution < 1.29 is 19.0 Å². The molecular weight excluding hydrogens is 402 g/mol. The average Bonchev–Trinajstić information content (AvgIpc) is 2.85. The van der Waals surface area contributed by atoms with Crippen molar-refractivity contribution in [3.8, 4) is 17.2 Å². The lowest BCUT2D eigenvalue weighted by molar-refractivity contribution is -0.110. The second kappa shape index (κ2) is 11.3. The molecule has 3 aromatic rings. The molecule has 0 aliphatic carbocycles. The lowest BCUT2D eigenvalue weighted by Crippen LogP contribution is -1.94. The quantitative estimate of drug-likeness (QED) is 0.330. The normalized spacial score (nSPS) is 11.3. The smallest absolute Gasteiger partial charge is 0.178 e. The fourth-order valence-electron chi connectivity index (χ4n) is 2.99. The van der Waals surface area contributed by atoms with Gasteiger partial charge in [0.15, 0.2) is 5.78 Å². The highest BCUT2D eigenvalue weighted by Crippen LogP contribution is 2.31. The number of carbonyl (C=O) groups excluding carboxylic acids is 1. The number of hydrogen-bond acceptors (Lipinski definition) is 5. The maximum absolute atomic E-state index is 12.4. The van der Waals surface area contributed by atoms with Crippen LogP contribution in [0.25, 0.3) is 24.3 Å². The fourth-order valence-corrected chi connectivity index (χ4v) is 2.99. The first kappa shape index (κ1) is 22.6. The molecule has 0 radical (unpaired) electrons. The second-order valence-electron chi connectivity index (χ2n) is 6.76. The molecule has 162 valence electrons. The van der Waals surface area contributed by atoms with Crippen LogP contribution in [0.5, 0.6) is 17.2 Å². The van der Waals surface area contributed by atoms with Gasteiger partial charge in [-0.15, -0.1) is 0 Å². The minimum absolute atomic E-state index is 0.154. The van der Waals surface area contributed by atoms with E-state index in [4.69, 9.17) is 14.2 Å². The van der Waals surface area contributed by atoms with Crippen LogP contribution in [0.2, 0.25) is 0 Å². The molecule has 5 heteroatoms. The van der Waals surface area contributed by atoms with Crippen LogP contribution in [-0.2, 0) is 4.79 Å². The van der Waals surface area contributed by atoms with E-state index < -0.39 is 0 Å². The fraction of sp³-hybridized carbons (Fsp3) is 0.111. The topological polar surface area (TPSA) is 57.7 Å². The van der Waals surface area contributed by atoms with Crippen LogP contribution in [-0.4, -0.2) is 32.1 Å². The van der Waals surface area contributed by atoms with E-state index >= 15 is 0 Å². The number of hydrogen-bond donors (Lipinski definition) is 0. The monoisotopic (exact) mass is 427 g/mol. The molecule has 0 spiro atoms. The maximum atomic E-state index is 12.4. The molecule has 0 aliphatic rings. The Morgan fingerprint density at radius 2 is 1.53 bits per heavy atom. The highest BCUT2D eigenvalue weighted by molar-refractivity contribution is 6.04. The lowest BCUT2D eigenvalue weighted by Gasteiger charge is -2.11. The van der Waals surface area contributed by atoms with Gasteiger partial charge in [0.25, 0.3) is 0 Å². The van der Waals surface area contributed by atoms with Crippen molar-refractivity contribution >= 4 is 30.1 Å². The van der Waals surface area contributed by atoms with Crippen molar-refractivity contribution in [1.82, 2.24) is 4.98 Å². The van der Waals surface area contributed by atoms with Crippen LogP contribution in [0.15, 0.2) is 72.9 Å². The molecule has 3 rings (SSSR count). The van der Waals surface area contributed by atoms with Gasteiger partial charge in [-0.3, -0.25) is 9.78 Å². The number of aromatic nitrogens is 1. The molecule has 0 unspecified atom stereocenters. The van der Waals surface area contributed by atoms with Gasteiger partial charge in [-0.2, -0.15) is 0 Å². The molecule has 0 amide bonds. The van der Waals surface area contributed by atoms with Crippen molar-refractivity contribution in [3.63, 3.8) is 0 Å². The van der Waals surface area contributed by atoms with Crippen LogP contribution < -0.4 is 14.2 Å². The zero-order valence-corrected chi connectivity index (χ0v) is 18.3. The Labute approximate surface area is 188 Å². The third kappa shape index (κ3) is 6.19. The first-order chi connectivity index (χ1) is 15.6. The van der Waals surface area contributed by atoms with E-state index in [1.807, 2.05) is 60.7 Å². The number of nitrogens with zero attached hydrogens (tertiary/aromatic N) is 1. The van der Waals surface area contributed by atoms with Crippen LogP contribution in [0.1, 0.15) is 22.4 Å². The van der Waals surface area contributed by atoms with Gasteiger partial charge >= 0.3 is 0 Å². The van der Waals surface area contributed by atoms with Crippen molar-refractivity contribution in [2.45, 2.75) is 0 Å². The highest BCUT2D eigenvalue weighted by atomic mass is 16.5. The number of methoxy groups -OCH3 is 3. The molecule has 32 heavy (non-hydrogen) atoms. The van der Waals surface area contributed by atoms with Crippen LogP contribution in [0, 0.1) is 0 Å². The summed E-state index contributed by atoms with van der Waals surface area (Å²) in [5.41, 5.74) is 3.36. The van der Waals surface area contributed by atoms with Gasteiger partial charge in [0.05, 0.1) is 27.0 Å². The summed E-state index contributed by atoms with van der Waals surface area (Å²) in [5, 5.41) is 0. The molecule has 0 saturated heterocycles. The molecule has 0 fully saturated rings. The molecule has 1 aromatic heterocycles. The molecule has 5 nitrogen and oxygen atoms in total. The molecule has 0 aliphatic heterocycles. The molecule has 0 saturated carbocycles. The van der Waals surface area contributed by atoms with E-state index in [-0.39, 0.29) is 5.78 Å². The highest BCUT2D eigenvalue weighted by Gasteiger charge is 2.09. The molecule has 1 heterocycles. The minimum Gasteiger partial charge on any atom is -0.497 e. The van der Waals surface area contributed by atoms with Gasteiger partial charge in [0.1, 0.15) is 17.2 Å². The molecule has 2 aromatic carbocycles. The largest absolute Gasteiger partial charge is 0.497 e. The van der Waals surface area contributed by atoms with Crippen LogP contribution in [0.4, 0.5) is 0 Å². The zero-order chi connectivity index (χ0) is 22.8. The average molecular weight is 428 g/mol. The molecular formula is C27H25NO4. The van der Waals surface area contributed by atoms with E-state index in [0.29, 0.717) is 11.5 Å². The summed E-state index contributed by atoms with van der Waals surface area (Å²) in [4.78, 5) is 16.5. The van der Waals surface area contributed by atoms with E-state index in [1.165, 1.54) is 12.2 Å². The summed E-state index contributed by atoms with van der Waals surface area (Å²) in [6.45, 7) is 0. The Kier molecular flexibility index (Phi) is 7.98. The summed E-state index contributed by atoms with van der Waals surface area (Å²) < 4.78 is 16.2. The van der Waals surface area contributed by atoms with E-state index in [1.54, 1.807) is 45.7 Å². The maximum Gasteiger partial charge on any atom is 0.178 e. The third-order valence-electron chi connectivity index (χ3n) is 4.69. The number of benzene rings is 2. The summed E-state index contributed by atoms with van der Waals surface area (Å²) >= 11 is 0. The van der Waals surface area contributed by atoms with Crippen LogP contribution >= 0.6 is 0 Å². The number of rotatable bonds is 9. The summed E-state index contributed by atoms with van der Waals surface area (Å²) in [5.74, 6) is 1.91. The number of allylic oxidation sites excluding steroid dienone is 2. The summed E-state index contributed by atoms with van der Waals surface area (Å²) in [6, 6.07) is 17.0. The van der Waals surface area contributed by atoms with Crippen molar-refractivity contribution in [1.29, 1.82) is 0 Å². The predicted molar refractivity (Wildman–Crippen MR) is 129 cm³/mol. The molecule has 0 atom stereocenters. The van der Waals surface area contributed by atoms with Gasteiger partial charge in [-0.25, -0.2) is 0 Å². The standard InChI is InChI=1S/C27H25NO4/c1-30-24-14-8-20(9-15-24)7-10-21-18-25(31-2)19-27(32-3)26(21)16-13-23(29)12-11-22-6-4-5-17-28-22/h4-19H,1-3H3/b10-7+,12-11+,16-13+. The Hall–Kier alpha value is -4.12. The van der Waals surface area contributed by atoms with E-state index in [9.17, 15) is 4.79 Å².